The Hall–Kier alpha value is -2.40. The zero-order chi connectivity index (χ0) is 18.5. The number of nitrogens with one attached hydrogen (secondary N) is 1. The van der Waals surface area contributed by atoms with E-state index in [1.54, 1.807) is 4.52 Å². The van der Waals surface area contributed by atoms with Crippen LogP contribution in [0.4, 0.5) is 0 Å². The van der Waals surface area contributed by atoms with Gasteiger partial charge in [-0.25, -0.2) is 9.50 Å². The zero-order valence-corrected chi connectivity index (χ0v) is 15.9. The molecule has 0 saturated carbocycles. The van der Waals surface area contributed by atoms with Crippen LogP contribution in [0.2, 0.25) is 5.02 Å². The lowest BCUT2D eigenvalue weighted by Gasteiger charge is -2.07. The van der Waals surface area contributed by atoms with Crippen LogP contribution in [0.25, 0.3) is 5.65 Å². The summed E-state index contributed by atoms with van der Waals surface area (Å²) in [5.74, 6) is 0.0777. The van der Waals surface area contributed by atoms with E-state index in [0.29, 0.717) is 13.0 Å². The molecule has 2 heterocycles. The average molecular weight is 371 g/mol. The summed E-state index contributed by atoms with van der Waals surface area (Å²) in [6, 6.07) is 7.85. The van der Waals surface area contributed by atoms with Crippen molar-refractivity contribution in [1.29, 1.82) is 0 Å². The van der Waals surface area contributed by atoms with Crippen molar-refractivity contribution in [2.45, 2.75) is 39.5 Å². The van der Waals surface area contributed by atoms with E-state index in [0.717, 1.165) is 52.3 Å². The molecule has 5 nitrogen and oxygen atoms in total. The monoisotopic (exact) mass is 370 g/mol. The van der Waals surface area contributed by atoms with Gasteiger partial charge in [0, 0.05) is 36.4 Å². The molecule has 136 valence electrons. The molecule has 0 unspecified atom stereocenters. The van der Waals surface area contributed by atoms with Crippen molar-refractivity contribution in [3.8, 4) is 0 Å². The summed E-state index contributed by atoms with van der Waals surface area (Å²) in [5, 5.41) is 8.11. The lowest BCUT2D eigenvalue weighted by molar-refractivity contribution is -0.121. The summed E-state index contributed by atoms with van der Waals surface area (Å²) in [4.78, 5) is 16.4. The lowest BCUT2D eigenvalue weighted by atomic mass is 10.1. The Kier molecular flexibility index (Phi) is 5.89. The predicted octanol–water partition coefficient (Wildman–Crippen LogP) is 3.68. The SMILES string of the molecule is Cc1cc2ncc(CCCNC(=O)CCc3ccc(Cl)c(C)c3)cn2n1. The third-order valence-corrected chi connectivity index (χ3v) is 4.74. The van der Waals surface area contributed by atoms with E-state index in [-0.39, 0.29) is 5.91 Å². The summed E-state index contributed by atoms with van der Waals surface area (Å²) in [5.41, 5.74) is 5.11. The minimum Gasteiger partial charge on any atom is -0.356 e. The van der Waals surface area contributed by atoms with Gasteiger partial charge in [-0.05, 0) is 55.9 Å². The van der Waals surface area contributed by atoms with Gasteiger partial charge < -0.3 is 5.32 Å². The number of hydrogen-bond donors (Lipinski definition) is 1. The molecule has 26 heavy (non-hydrogen) atoms. The second-order valence-electron chi connectivity index (χ2n) is 6.59. The first-order chi connectivity index (χ1) is 12.5. The van der Waals surface area contributed by atoms with Crippen LogP contribution in [0.3, 0.4) is 0 Å². The normalized spacial score (nSPS) is 11.0. The third kappa shape index (κ3) is 4.82. The molecule has 0 radical (unpaired) electrons. The quantitative estimate of drug-likeness (QED) is 0.645. The maximum atomic E-state index is 12.0. The summed E-state index contributed by atoms with van der Waals surface area (Å²) in [7, 11) is 0. The smallest absolute Gasteiger partial charge is 0.220 e. The van der Waals surface area contributed by atoms with Gasteiger partial charge in [0.05, 0.1) is 5.69 Å². The van der Waals surface area contributed by atoms with E-state index >= 15 is 0 Å². The Bertz CT molecular complexity index is 919. The number of benzene rings is 1. The number of hydrogen-bond acceptors (Lipinski definition) is 3. The van der Waals surface area contributed by atoms with Crippen molar-refractivity contribution in [2.75, 3.05) is 6.54 Å². The Morgan fingerprint density at radius 2 is 2.04 bits per heavy atom. The highest BCUT2D eigenvalue weighted by atomic mass is 35.5. The number of amides is 1. The van der Waals surface area contributed by atoms with Gasteiger partial charge >= 0.3 is 0 Å². The zero-order valence-electron chi connectivity index (χ0n) is 15.1. The highest BCUT2D eigenvalue weighted by molar-refractivity contribution is 6.31. The molecule has 6 heteroatoms. The number of aryl methyl sites for hydroxylation is 4. The Labute approximate surface area is 158 Å². The molecule has 0 aliphatic carbocycles. The molecule has 0 bridgehead atoms. The molecule has 1 amide bonds. The number of carbonyl (C=O) groups is 1. The first kappa shape index (κ1) is 18.4. The van der Waals surface area contributed by atoms with E-state index in [2.05, 4.69) is 15.4 Å². The average Bonchev–Trinajstić information content (AvgIpc) is 2.99. The van der Waals surface area contributed by atoms with Crippen LogP contribution < -0.4 is 5.32 Å². The van der Waals surface area contributed by atoms with Crippen LogP contribution in [0, 0.1) is 13.8 Å². The van der Waals surface area contributed by atoms with Crippen molar-refractivity contribution in [2.24, 2.45) is 0 Å². The molecule has 1 aromatic carbocycles. The van der Waals surface area contributed by atoms with Gasteiger partial charge in [0.15, 0.2) is 5.65 Å². The number of carbonyl (C=O) groups excluding carboxylic acids is 1. The standard InChI is InChI=1S/C20H23ClN4O/c1-14-10-16(5-7-18(14)21)6-8-20(26)22-9-3-4-17-12-23-19-11-15(2)24-25(19)13-17/h5,7,10-13H,3-4,6,8-9H2,1-2H3,(H,22,26). The van der Waals surface area contributed by atoms with Crippen LogP contribution in [-0.2, 0) is 17.6 Å². The van der Waals surface area contributed by atoms with E-state index in [4.69, 9.17) is 11.6 Å². The molecular weight excluding hydrogens is 348 g/mol. The molecular formula is C20H23ClN4O. The molecule has 1 N–H and O–H groups in total. The molecule has 0 fully saturated rings. The number of rotatable bonds is 7. The summed E-state index contributed by atoms with van der Waals surface area (Å²) >= 11 is 6.02. The number of nitrogens with zero attached hydrogens (tertiary/aromatic N) is 3. The molecule has 0 aliphatic rings. The molecule has 3 rings (SSSR count). The molecule has 2 aromatic heterocycles. The predicted molar refractivity (Wildman–Crippen MR) is 104 cm³/mol. The molecule has 0 spiro atoms. The van der Waals surface area contributed by atoms with Crippen LogP contribution >= 0.6 is 11.6 Å². The lowest BCUT2D eigenvalue weighted by Crippen LogP contribution is -2.25. The van der Waals surface area contributed by atoms with Crippen LogP contribution in [0.1, 0.15) is 35.2 Å². The number of aromatic nitrogens is 3. The van der Waals surface area contributed by atoms with Gasteiger partial charge in [-0.1, -0.05) is 23.7 Å². The van der Waals surface area contributed by atoms with Crippen molar-refractivity contribution in [3.63, 3.8) is 0 Å². The van der Waals surface area contributed by atoms with Crippen LogP contribution in [0.5, 0.6) is 0 Å². The van der Waals surface area contributed by atoms with Gasteiger partial charge in [0.25, 0.3) is 0 Å². The van der Waals surface area contributed by atoms with E-state index in [9.17, 15) is 4.79 Å². The fraction of sp³-hybridized carbons (Fsp3) is 0.350. The first-order valence-corrected chi connectivity index (χ1v) is 9.22. The van der Waals surface area contributed by atoms with Crippen molar-refractivity contribution in [3.05, 3.63) is 64.1 Å². The Balaban J connectivity index is 1.39. The Morgan fingerprint density at radius 3 is 2.85 bits per heavy atom. The van der Waals surface area contributed by atoms with Crippen LogP contribution in [0.15, 0.2) is 36.7 Å². The van der Waals surface area contributed by atoms with Gasteiger partial charge in [0.1, 0.15) is 0 Å². The maximum Gasteiger partial charge on any atom is 0.220 e. The molecule has 0 atom stereocenters. The Morgan fingerprint density at radius 1 is 1.19 bits per heavy atom. The molecule has 0 saturated heterocycles. The van der Waals surface area contributed by atoms with Crippen molar-refractivity contribution >= 4 is 23.2 Å². The van der Waals surface area contributed by atoms with E-state index in [1.807, 2.05) is 50.5 Å². The molecule has 0 aliphatic heterocycles. The van der Waals surface area contributed by atoms with Gasteiger partial charge in [-0.15, -0.1) is 0 Å². The molecule has 3 aromatic rings. The second kappa shape index (κ2) is 8.32. The van der Waals surface area contributed by atoms with Crippen molar-refractivity contribution < 1.29 is 4.79 Å². The number of halogens is 1. The minimum absolute atomic E-state index is 0.0777. The largest absolute Gasteiger partial charge is 0.356 e. The highest BCUT2D eigenvalue weighted by Crippen LogP contribution is 2.17. The van der Waals surface area contributed by atoms with Gasteiger partial charge in [0.2, 0.25) is 5.91 Å². The van der Waals surface area contributed by atoms with Gasteiger partial charge in [-0.3, -0.25) is 4.79 Å². The van der Waals surface area contributed by atoms with E-state index in [1.165, 1.54) is 0 Å². The number of fused-ring (bicyclic) bond motifs is 1. The summed E-state index contributed by atoms with van der Waals surface area (Å²) in [6.07, 6.45) is 6.82. The topological polar surface area (TPSA) is 59.3 Å². The fourth-order valence-electron chi connectivity index (χ4n) is 2.89. The van der Waals surface area contributed by atoms with Crippen LogP contribution in [-0.4, -0.2) is 27.0 Å². The summed E-state index contributed by atoms with van der Waals surface area (Å²) in [6.45, 7) is 4.59. The van der Waals surface area contributed by atoms with Gasteiger partial charge in [-0.2, -0.15) is 5.10 Å². The second-order valence-corrected chi connectivity index (χ2v) is 6.99. The highest BCUT2D eigenvalue weighted by Gasteiger charge is 2.05. The fourth-order valence-corrected chi connectivity index (χ4v) is 3.01. The van der Waals surface area contributed by atoms with Crippen molar-refractivity contribution in [1.82, 2.24) is 19.9 Å². The maximum absolute atomic E-state index is 12.0. The minimum atomic E-state index is 0.0777. The third-order valence-electron chi connectivity index (χ3n) is 4.32. The van der Waals surface area contributed by atoms with E-state index < -0.39 is 0 Å². The summed E-state index contributed by atoms with van der Waals surface area (Å²) < 4.78 is 1.80. The first-order valence-electron chi connectivity index (χ1n) is 8.84.